The van der Waals surface area contributed by atoms with E-state index in [1.165, 1.54) is 41.5 Å². The van der Waals surface area contributed by atoms with Crippen molar-refractivity contribution in [3.05, 3.63) is 27.1 Å². The number of rotatable bonds is 2. The lowest BCUT2D eigenvalue weighted by Crippen LogP contribution is -2.41. The second kappa shape index (κ2) is 5.83. The van der Waals surface area contributed by atoms with Gasteiger partial charge in [-0.2, -0.15) is 0 Å². The second-order valence-corrected chi connectivity index (χ2v) is 7.24. The van der Waals surface area contributed by atoms with E-state index in [9.17, 15) is 9.59 Å². The number of nitrogens with zero attached hydrogens (tertiary/aromatic N) is 2. The maximum absolute atomic E-state index is 12.6. The summed E-state index contributed by atoms with van der Waals surface area (Å²) in [5, 5.41) is 3.72. The fourth-order valence-corrected chi connectivity index (χ4v) is 4.23. The van der Waals surface area contributed by atoms with Crippen LogP contribution in [0, 0.1) is 12.8 Å². The zero-order chi connectivity index (χ0) is 15.9. The van der Waals surface area contributed by atoms with Gasteiger partial charge in [0.1, 0.15) is 4.83 Å². The van der Waals surface area contributed by atoms with Crippen LogP contribution >= 0.6 is 11.3 Å². The summed E-state index contributed by atoms with van der Waals surface area (Å²) in [4.78, 5) is 30.4. The molecule has 22 heavy (non-hydrogen) atoms. The quantitative estimate of drug-likeness (QED) is 0.925. The summed E-state index contributed by atoms with van der Waals surface area (Å²) in [6, 6.07) is 0.238. The van der Waals surface area contributed by atoms with Crippen LogP contribution in [0.2, 0.25) is 0 Å². The standard InChI is InChI=1S/C16H21N3O2S/c1-9-6-4-5-7-11(9)18-14(20)13-10(2)12-15(22-13)17-8-19(3)16(12)21/h8-9,11H,4-7H2,1-3H3,(H,18,20)/t9-,11+/m0/s1. The van der Waals surface area contributed by atoms with Crippen LogP contribution < -0.4 is 10.9 Å². The molecule has 1 N–H and O–H groups in total. The lowest BCUT2D eigenvalue weighted by Gasteiger charge is -2.29. The van der Waals surface area contributed by atoms with Gasteiger partial charge in [0.25, 0.3) is 11.5 Å². The third kappa shape index (κ3) is 2.56. The van der Waals surface area contributed by atoms with E-state index in [0.717, 1.165) is 12.0 Å². The van der Waals surface area contributed by atoms with Crippen molar-refractivity contribution in [2.24, 2.45) is 13.0 Å². The first-order valence-electron chi connectivity index (χ1n) is 7.74. The maximum atomic E-state index is 12.6. The Morgan fingerprint density at radius 1 is 1.41 bits per heavy atom. The Morgan fingerprint density at radius 3 is 2.86 bits per heavy atom. The summed E-state index contributed by atoms with van der Waals surface area (Å²) in [5.74, 6) is 0.444. The molecule has 1 aliphatic rings. The molecule has 1 fully saturated rings. The molecule has 0 saturated heterocycles. The van der Waals surface area contributed by atoms with E-state index in [-0.39, 0.29) is 17.5 Å². The summed E-state index contributed by atoms with van der Waals surface area (Å²) >= 11 is 1.31. The minimum absolute atomic E-state index is 0.0682. The molecule has 6 heteroatoms. The van der Waals surface area contributed by atoms with Gasteiger partial charge in [-0.3, -0.25) is 9.59 Å². The number of fused-ring (bicyclic) bond motifs is 1. The molecule has 1 amide bonds. The van der Waals surface area contributed by atoms with Crippen LogP contribution in [0.1, 0.15) is 47.8 Å². The van der Waals surface area contributed by atoms with Gasteiger partial charge in [-0.05, 0) is 31.2 Å². The van der Waals surface area contributed by atoms with Crippen molar-refractivity contribution < 1.29 is 4.79 Å². The summed E-state index contributed by atoms with van der Waals surface area (Å²) in [5.41, 5.74) is 0.651. The van der Waals surface area contributed by atoms with Gasteiger partial charge in [-0.1, -0.05) is 19.8 Å². The average molecular weight is 319 g/mol. The first kappa shape index (κ1) is 15.2. The van der Waals surface area contributed by atoms with Gasteiger partial charge in [-0.25, -0.2) is 4.98 Å². The fraction of sp³-hybridized carbons (Fsp3) is 0.562. The first-order chi connectivity index (χ1) is 10.5. The maximum Gasteiger partial charge on any atom is 0.262 e. The topological polar surface area (TPSA) is 64.0 Å². The summed E-state index contributed by atoms with van der Waals surface area (Å²) in [7, 11) is 1.68. The number of hydrogen-bond donors (Lipinski definition) is 1. The van der Waals surface area contributed by atoms with E-state index >= 15 is 0 Å². The van der Waals surface area contributed by atoms with Crippen molar-refractivity contribution in [2.45, 2.75) is 45.6 Å². The Kier molecular flexibility index (Phi) is 4.04. The van der Waals surface area contributed by atoms with Crippen LogP contribution in [0.3, 0.4) is 0 Å². The number of carbonyl (C=O) groups excluding carboxylic acids is 1. The molecule has 2 aromatic heterocycles. The van der Waals surface area contributed by atoms with Crippen LogP contribution in [0.4, 0.5) is 0 Å². The number of thiophene rings is 1. The summed E-state index contributed by atoms with van der Waals surface area (Å²) in [6.45, 7) is 4.03. The van der Waals surface area contributed by atoms with Gasteiger partial charge in [0, 0.05) is 13.1 Å². The molecule has 0 aliphatic heterocycles. The SMILES string of the molecule is Cc1c(C(=O)N[C@@H]2CCCC[C@@H]2C)sc2ncn(C)c(=O)c12. The molecule has 3 rings (SSSR count). The Balaban J connectivity index is 1.93. The Morgan fingerprint density at radius 2 is 2.14 bits per heavy atom. The van der Waals surface area contributed by atoms with Crippen LogP contribution in [-0.2, 0) is 7.05 Å². The fourth-order valence-electron chi connectivity index (χ4n) is 3.19. The number of hydrogen-bond acceptors (Lipinski definition) is 4. The van der Waals surface area contributed by atoms with Crippen molar-refractivity contribution in [3.63, 3.8) is 0 Å². The molecule has 1 saturated carbocycles. The van der Waals surface area contributed by atoms with Crippen molar-refractivity contribution in [3.8, 4) is 0 Å². The third-order valence-electron chi connectivity index (χ3n) is 4.64. The Labute approximate surface area is 133 Å². The molecule has 1 aliphatic carbocycles. The highest BCUT2D eigenvalue weighted by Gasteiger charge is 2.25. The lowest BCUT2D eigenvalue weighted by atomic mass is 9.86. The van der Waals surface area contributed by atoms with Gasteiger partial charge in [0.2, 0.25) is 0 Å². The van der Waals surface area contributed by atoms with E-state index in [4.69, 9.17) is 0 Å². The highest BCUT2D eigenvalue weighted by molar-refractivity contribution is 7.20. The van der Waals surface area contributed by atoms with Crippen LogP contribution in [-0.4, -0.2) is 21.5 Å². The highest BCUT2D eigenvalue weighted by Crippen LogP contribution is 2.28. The molecule has 0 bridgehead atoms. The van der Waals surface area contributed by atoms with Gasteiger partial charge >= 0.3 is 0 Å². The van der Waals surface area contributed by atoms with Crippen molar-refractivity contribution >= 4 is 27.5 Å². The van der Waals surface area contributed by atoms with Gasteiger partial charge in [0.05, 0.1) is 16.6 Å². The van der Waals surface area contributed by atoms with Crippen molar-refractivity contribution in [1.82, 2.24) is 14.9 Å². The van der Waals surface area contributed by atoms with E-state index in [2.05, 4.69) is 17.2 Å². The minimum Gasteiger partial charge on any atom is -0.348 e. The number of carbonyl (C=O) groups is 1. The number of aryl methyl sites for hydroxylation is 2. The smallest absolute Gasteiger partial charge is 0.262 e. The molecule has 2 heterocycles. The largest absolute Gasteiger partial charge is 0.348 e. The van der Waals surface area contributed by atoms with E-state index < -0.39 is 0 Å². The molecule has 0 radical (unpaired) electrons. The summed E-state index contributed by atoms with van der Waals surface area (Å²) < 4.78 is 1.45. The molecule has 5 nitrogen and oxygen atoms in total. The molecule has 2 atom stereocenters. The predicted octanol–water partition coefficient (Wildman–Crippen LogP) is 2.61. The van der Waals surface area contributed by atoms with Crippen LogP contribution in [0.5, 0.6) is 0 Å². The molecule has 0 unspecified atom stereocenters. The van der Waals surface area contributed by atoms with Gasteiger partial charge < -0.3 is 9.88 Å². The van der Waals surface area contributed by atoms with Crippen LogP contribution in [0.25, 0.3) is 10.2 Å². The average Bonchev–Trinajstić information content (AvgIpc) is 2.83. The number of nitrogens with one attached hydrogen (secondary N) is 1. The summed E-state index contributed by atoms with van der Waals surface area (Å²) in [6.07, 6.45) is 6.12. The van der Waals surface area contributed by atoms with E-state index in [1.54, 1.807) is 7.05 Å². The van der Waals surface area contributed by atoms with E-state index in [0.29, 0.717) is 21.0 Å². The van der Waals surface area contributed by atoms with E-state index in [1.807, 2.05) is 6.92 Å². The first-order valence-corrected chi connectivity index (χ1v) is 8.56. The molecular weight excluding hydrogens is 298 g/mol. The van der Waals surface area contributed by atoms with Gasteiger partial charge in [-0.15, -0.1) is 11.3 Å². The monoisotopic (exact) mass is 319 g/mol. The number of aromatic nitrogens is 2. The second-order valence-electron chi connectivity index (χ2n) is 6.24. The van der Waals surface area contributed by atoms with Gasteiger partial charge in [0.15, 0.2) is 0 Å². The van der Waals surface area contributed by atoms with Crippen molar-refractivity contribution in [1.29, 1.82) is 0 Å². The predicted molar refractivity (Wildman–Crippen MR) is 88.5 cm³/mol. The molecule has 118 valence electrons. The zero-order valence-corrected chi connectivity index (χ0v) is 14.0. The van der Waals surface area contributed by atoms with Crippen LogP contribution in [0.15, 0.2) is 11.1 Å². The van der Waals surface area contributed by atoms with Crippen molar-refractivity contribution in [2.75, 3.05) is 0 Å². The number of amides is 1. The molecule has 0 aromatic carbocycles. The highest BCUT2D eigenvalue weighted by atomic mass is 32.1. The lowest BCUT2D eigenvalue weighted by molar-refractivity contribution is 0.0914. The molecule has 0 spiro atoms. The minimum atomic E-state index is -0.0937. The molecule has 2 aromatic rings. The zero-order valence-electron chi connectivity index (χ0n) is 13.2. The molecular formula is C16H21N3O2S. The normalized spacial score (nSPS) is 22.0. The Bertz CT molecular complexity index is 778. The third-order valence-corrected chi connectivity index (χ3v) is 5.84. The Hall–Kier alpha value is -1.69.